The van der Waals surface area contributed by atoms with Crippen LogP contribution in [0.25, 0.3) is 22.3 Å². The fourth-order valence-electron chi connectivity index (χ4n) is 2.18. The van der Waals surface area contributed by atoms with Crippen molar-refractivity contribution < 1.29 is 5.11 Å². The maximum Gasteiger partial charge on any atom is 0.162 e. The Labute approximate surface area is 127 Å². The van der Waals surface area contributed by atoms with Crippen molar-refractivity contribution >= 4 is 28.1 Å². The van der Waals surface area contributed by atoms with E-state index in [1.165, 1.54) is 0 Å². The topological polar surface area (TPSA) is 58.0 Å². The molecule has 0 unspecified atom stereocenters. The molecule has 0 spiro atoms. The summed E-state index contributed by atoms with van der Waals surface area (Å²) in [5, 5.41) is 17.8. The van der Waals surface area contributed by atoms with Crippen molar-refractivity contribution in [2.45, 2.75) is 19.4 Å². The predicted molar refractivity (Wildman–Crippen MR) is 87.6 cm³/mol. The van der Waals surface area contributed by atoms with Crippen molar-refractivity contribution in [1.82, 2.24) is 9.97 Å². The van der Waals surface area contributed by atoms with Crippen LogP contribution in [0.5, 0.6) is 0 Å². The number of aromatic nitrogens is 2. The van der Waals surface area contributed by atoms with E-state index in [1.54, 1.807) is 11.3 Å². The van der Waals surface area contributed by atoms with E-state index in [0.717, 1.165) is 28.7 Å². The SMILES string of the molecule is CC[C@@H](CO)Nc1nc(-c2ccsc2)nc2ccccc12. The van der Waals surface area contributed by atoms with Crippen LogP contribution in [0.2, 0.25) is 0 Å². The summed E-state index contributed by atoms with van der Waals surface area (Å²) in [5.41, 5.74) is 1.93. The number of hydrogen-bond donors (Lipinski definition) is 2. The van der Waals surface area contributed by atoms with Gasteiger partial charge in [-0.3, -0.25) is 0 Å². The van der Waals surface area contributed by atoms with Gasteiger partial charge in [-0.05, 0) is 30.0 Å². The van der Waals surface area contributed by atoms with Gasteiger partial charge < -0.3 is 10.4 Å². The zero-order valence-corrected chi connectivity index (χ0v) is 12.6. The number of fused-ring (bicyclic) bond motifs is 1. The molecule has 0 bridgehead atoms. The fourth-order valence-corrected chi connectivity index (χ4v) is 2.81. The number of nitrogens with one attached hydrogen (secondary N) is 1. The molecule has 0 amide bonds. The van der Waals surface area contributed by atoms with Gasteiger partial charge in [-0.15, -0.1) is 0 Å². The normalized spacial score (nSPS) is 12.5. The summed E-state index contributed by atoms with van der Waals surface area (Å²) >= 11 is 1.63. The molecular formula is C16H17N3OS. The van der Waals surface area contributed by atoms with Crippen LogP contribution in [-0.4, -0.2) is 27.7 Å². The molecule has 0 aliphatic heterocycles. The average molecular weight is 299 g/mol. The van der Waals surface area contributed by atoms with Crippen LogP contribution >= 0.6 is 11.3 Å². The Morgan fingerprint density at radius 3 is 2.81 bits per heavy atom. The lowest BCUT2D eigenvalue weighted by Crippen LogP contribution is -2.23. The summed E-state index contributed by atoms with van der Waals surface area (Å²) < 4.78 is 0. The molecule has 4 nitrogen and oxygen atoms in total. The van der Waals surface area contributed by atoms with Crippen molar-refractivity contribution in [3.05, 3.63) is 41.1 Å². The van der Waals surface area contributed by atoms with Crippen molar-refractivity contribution in [3.63, 3.8) is 0 Å². The van der Waals surface area contributed by atoms with Crippen molar-refractivity contribution in [2.24, 2.45) is 0 Å². The van der Waals surface area contributed by atoms with Crippen LogP contribution in [0.1, 0.15) is 13.3 Å². The van der Waals surface area contributed by atoms with E-state index >= 15 is 0 Å². The van der Waals surface area contributed by atoms with Gasteiger partial charge in [0, 0.05) is 16.3 Å². The molecule has 2 N–H and O–H groups in total. The molecule has 0 aliphatic carbocycles. The molecule has 0 fully saturated rings. The van der Waals surface area contributed by atoms with Gasteiger partial charge in [-0.2, -0.15) is 11.3 Å². The highest BCUT2D eigenvalue weighted by molar-refractivity contribution is 7.08. The van der Waals surface area contributed by atoms with Crippen molar-refractivity contribution in [1.29, 1.82) is 0 Å². The minimum absolute atomic E-state index is 0.00127. The molecular weight excluding hydrogens is 282 g/mol. The highest BCUT2D eigenvalue weighted by atomic mass is 32.1. The highest BCUT2D eigenvalue weighted by Crippen LogP contribution is 2.26. The van der Waals surface area contributed by atoms with E-state index in [1.807, 2.05) is 48.0 Å². The number of aliphatic hydroxyl groups is 1. The number of hydrogen-bond acceptors (Lipinski definition) is 5. The van der Waals surface area contributed by atoms with Gasteiger partial charge in [-0.25, -0.2) is 9.97 Å². The van der Waals surface area contributed by atoms with Gasteiger partial charge in [0.2, 0.25) is 0 Å². The van der Waals surface area contributed by atoms with Crippen LogP contribution in [0.4, 0.5) is 5.82 Å². The number of nitrogens with zero attached hydrogens (tertiary/aromatic N) is 2. The monoisotopic (exact) mass is 299 g/mol. The molecule has 0 aliphatic rings. The Bertz CT molecular complexity index is 723. The van der Waals surface area contributed by atoms with E-state index in [-0.39, 0.29) is 12.6 Å². The van der Waals surface area contributed by atoms with Crippen LogP contribution in [0, 0.1) is 0 Å². The lowest BCUT2D eigenvalue weighted by atomic mass is 10.2. The Hall–Kier alpha value is -1.98. The minimum Gasteiger partial charge on any atom is -0.394 e. The first-order valence-electron chi connectivity index (χ1n) is 6.98. The second-order valence-electron chi connectivity index (χ2n) is 4.86. The largest absolute Gasteiger partial charge is 0.394 e. The maximum atomic E-state index is 9.41. The number of thiophene rings is 1. The summed E-state index contributed by atoms with van der Waals surface area (Å²) in [7, 11) is 0. The van der Waals surface area contributed by atoms with Gasteiger partial charge in [0.15, 0.2) is 5.82 Å². The van der Waals surface area contributed by atoms with Gasteiger partial charge in [0.25, 0.3) is 0 Å². The Morgan fingerprint density at radius 1 is 1.24 bits per heavy atom. The van der Waals surface area contributed by atoms with E-state index in [0.29, 0.717) is 5.82 Å². The average Bonchev–Trinajstić information content (AvgIpc) is 3.06. The number of benzene rings is 1. The Morgan fingerprint density at radius 2 is 2.10 bits per heavy atom. The number of aliphatic hydroxyl groups excluding tert-OH is 1. The van der Waals surface area contributed by atoms with E-state index in [2.05, 4.69) is 15.3 Å². The van der Waals surface area contributed by atoms with Gasteiger partial charge in [0.05, 0.1) is 18.2 Å². The van der Waals surface area contributed by atoms with Gasteiger partial charge >= 0.3 is 0 Å². The zero-order chi connectivity index (χ0) is 14.7. The molecule has 0 saturated heterocycles. The third-order valence-electron chi connectivity index (χ3n) is 3.44. The highest BCUT2D eigenvalue weighted by Gasteiger charge is 2.12. The van der Waals surface area contributed by atoms with E-state index in [9.17, 15) is 5.11 Å². The minimum atomic E-state index is -0.00127. The first-order valence-corrected chi connectivity index (χ1v) is 7.93. The molecule has 1 aromatic carbocycles. The number of para-hydroxylation sites is 1. The van der Waals surface area contributed by atoms with Crippen molar-refractivity contribution in [2.75, 3.05) is 11.9 Å². The molecule has 2 heterocycles. The summed E-state index contributed by atoms with van der Waals surface area (Å²) in [4.78, 5) is 9.28. The quantitative estimate of drug-likeness (QED) is 0.756. The van der Waals surface area contributed by atoms with Crippen LogP contribution in [0.3, 0.4) is 0 Å². The second kappa shape index (κ2) is 6.20. The van der Waals surface area contributed by atoms with Gasteiger partial charge in [0.1, 0.15) is 5.82 Å². The second-order valence-corrected chi connectivity index (χ2v) is 5.64. The smallest absolute Gasteiger partial charge is 0.162 e. The Kier molecular flexibility index (Phi) is 4.13. The molecule has 3 aromatic rings. The number of anilines is 1. The fraction of sp³-hybridized carbons (Fsp3) is 0.250. The predicted octanol–water partition coefficient (Wildman–Crippen LogP) is 3.54. The third kappa shape index (κ3) is 2.89. The lowest BCUT2D eigenvalue weighted by Gasteiger charge is -2.16. The zero-order valence-electron chi connectivity index (χ0n) is 11.8. The summed E-state index contributed by atoms with van der Waals surface area (Å²) in [5.74, 6) is 1.49. The van der Waals surface area contributed by atoms with Crippen molar-refractivity contribution in [3.8, 4) is 11.4 Å². The standard InChI is InChI=1S/C16H17N3OS/c1-2-12(9-20)17-16-13-5-3-4-6-14(13)18-15(19-16)11-7-8-21-10-11/h3-8,10,12,20H,2,9H2,1H3,(H,17,18,19)/t12-/m0/s1. The van der Waals surface area contributed by atoms with Crippen LogP contribution in [0.15, 0.2) is 41.1 Å². The van der Waals surface area contributed by atoms with Crippen LogP contribution in [-0.2, 0) is 0 Å². The molecule has 21 heavy (non-hydrogen) atoms. The van der Waals surface area contributed by atoms with Crippen LogP contribution < -0.4 is 5.32 Å². The summed E-state index contributed by atoms with van der Waals surface area (Å²) in [6.07, 6.45) is 0.836. The molecule has 108 valence electrons. The molecule has 1 atom stereocenters. The maximum absolute atomic E-state index is 9.41. The summed E-state index contributed by atoms with van der Waals surface area (Å²) in [6.45, 7) is 2.12. The number of rotatable bonds is 5. The first kappa shape index (κ1) is 14.0. The van der Waals surface area contributed by atoms with Gasteiger partial charge in [-0.1, -0.05) is 19.1 Å². The molecule has 0 radical (unpaired) electrons. The summed E-state index contributed by atoms with van der Waals surface area (Å²) in [6, 6.07) is 9.94. The third-order valence-corrected chi connectivity index (χ3v) is 4.12. The Balaban J connectivity index is 2.11. The van der Waals surface area contributed by atoms with E-state index in [4.69, 9.17) is 0 Å². The molecule has 5 heteroatoms. The first-order chi connectivity index (χ1) is 10.3. The molecule has 0 saturated carbocycles. The van der Waals surface area contributed by atoms with E-state index < -0.39 is 0 Å². The molecule has 3 rings (SSSR count). The lowest BCUT2D eigenvalue weighted by molar-refractivity contribution is 0.271. The molecule has 2 aromatic heterocycles.